The molecule has 0 aromatic heterocycles. The van der Waals surface area contributed by atoms with Gasteiger partial charge in [-0.3, -0.25) is 9.59 Å². The molecule has 0 saturated carbocycles. The van der Waals surface area contributed by atoms with Gasteiger partial charge in [0.15, 0.2) is 9.76 Å². The first kappa shape index (κ1) is 15.4. The summed E-state index contributed by atoms with van der Waals surface area (Å²) in [7, 11) is -0.520. The minimum atomic E-state index is -0.520. The van der Waals surface area contributed by atoms with Gasteiger partial charge in [0, 0.05) is 0 Å². The molecule has 1 aliphatic heterocycles. The number of ether oxygens (including phenoxy) is 1. The Morgan fingerprint density at radius 1 is 1.39 bits per heavy atom. The number of esters is 2. The topological polar surface area (TPSA) is 52.6 Å². The first-order valence-corrected chi connectivity index (χ1v) is 8.47. The molecular formula is C13H24O4Si. The van der Waals surface area contributed by atoms with Crippen LogP contribution in [0.25, 0.3) is 0 Å². The van der Waals surface area contributed by atoms with Gasteiger partial charge < -0.3 is 9.16 Å². The molecule has 0 radical (unpaired) electrons. The lowest BCUT2D eigenvalue weighted by molar-refractivity contribution is -0.153. The summed E-state index contributed by atoms with van der Waals surface area (Å²) >= 11 is 0. The number of carbonyl (C=O) groups excluding carboxylic acids is 2. The normalized spacial score (nSPS) is 20.9. The average molecular weight is 272 g/mol. The van der Waals surface area contributed by atoms with Gasteiger partial charge in [-0.1, -0.05) is 20.3 Å². The second-order valence-corrected chi connectivity index (χ2v) is 6.60. The number of carbonyl (C=O) groups is 2. The van der Waals surface area contributed by atoms with E-state index in [2.05, 4.69) is 25.5 Å². The number of hydrogen-bond donors (Lipinski definition) is 0. The zero-order valence-electron chi connectivity index (χ0n) is 11.7. The summed E-state index contributed by atoms with van der Waals surface area (Å²) in [5.41, 5.74) is 0.0362. The van der Waals surface area contributed by atoms with E-state index < -0.39 is 9.76 Å². The van der Waals surface area contributed by atoms with Crippen LogP contribution in [-0.4, -0.2) is 27.3 Å². The molecule has 18 heavy (non-hydrogen) atoms. The van der Waals surface area contributed by atoms with E-state index in [1.54, 1.807) is 0 Å². The molecule has 1 fully saturated rings. The Morgan fingerprint density at radius 2 is 2.06 bits per heavy atom. The van der Waals surface area contributed by atoms with Crippen LogP contribution in [0.4, 0.5) is 0 Å². The lowest BCUT2D eigenvalue weighted by Gasteiger charge is -2.27. The highest BCUT2D eigenvalue weighted by atomic mass is 28.2. The van der Waals surface area contributed by atoms with Crippen molar-refractivity contribution in [3.8, 4) is 0 Å². The number of cyclic esters (lactones) is 2. The molecule has 0 aliphatic carbocycles. The molecule has 1 aliphatic rings. The molecule has 1 unspecified atom stereocenters. The fourth-order valence-electron chi connectivity index (χ4n) is 2.01. The van der Waals surface area contributed by atoms with Crippen molar-refractivity contribution in [1.29, 1.82) is 0 Å². The van der Waals surface area contributed by atoms with Crippen LogP contribution >= 0.6 is 0 Å². The van der Waals surface area contributed by atoms with Crippen molar-refractivity contribution < 1.29 is 18.8 Å². The highest BCUT2D eigenvalue weighted by molar-refractivity contribution is 6.27. The van der Waals surface area contributed by atoms with E-state index in [9.17, 15) is 9.59 Å². The molecule has 4 nitrogen and oxygen atoms in total. The Kier molecular flexibility index (Phi) is 6.01. The van der Waals surface area contributed by atoms with Crippen LogP contribution in [0.1, 0.15) is 52.9 Å². The standard InChI is InChI=1S/C13H24O4Si/c1-4-13(3,5-2)17-18-8-6-7-10-9-11(14)16-12(10)15/h10H,4-9,18H2,1-3H3. The lowest BCUT2D eigenvalue weighted by Crippen LogP contribution is -2.28. The molecule has 0 aromatic rings. The highest BCUT2D eigenvalue weighted by Crippen LogP contribution is 2.23. The Balaban J connectivity index is 2.12. The van der Waals surface area contributed by atoms with Crippen LogP contribution < -0.4 is 0 Å². The maximum atomic E-state index is 11.2. The van der Waals surface area contributed by atoms with Crippen molar-refractivity contribution in [2.45, 2.75) is 64.5 Å². The van der Waals surface area contributed by atoms with Crippen molar-refractivity contribution in [3.05, 3.63) is 0 Å². The molecule has 0 aromatic carbocycles. The van der Waals surface area contributed by atoms with Gasteiger partial charge in [-0.15, -0.1) is 0 Å². The Hall–Kier alpha value is -0.683. The fourth-order valence-corrected chi connectivity index (χ4v) is 3.55. The molecule has 104 valence electrons. The Bertz CT molecular complexity index is 299. The minimum Gasteiger partial charge on any atom is -0.419 e. The third kappa shape index (κ3) is 4.53. The third-order valence-corrected chi connectivity index (χ3v) is 5.54. The van der Waals surface area contributed by atoms with Gasteiger partial charge in [0.1, 0.15) is 0 Å². The van der Waals surface area contributed by atoms with Gasteiger partial charge in [-0.25, -0.2) is 0 Å². The van der Waals surface area contributed by atoms with Crippen LogP contribution in [0.3, 0.4) is 0 Å². The van der Waals surface area contributed by atoms with Crippen LogP contribution in [0.15, 0.2) is 0 Å². The Labute approximate surface area is 111 Å². The van der Waals surface area contributed by atoms with E-state index in [0.717, 1.165) is 31.7 Å². The zero-order valence-corrected chi connectivity index (χ0v) is 13.1. The van der Waals surface area contributed by atoms with Crippen molar-refractivity contribution in [1.82, 2.24) is 0 Å². The molecule has 1 atom stereocenters. The molecule has 0 amide bonds. The fraction of sp³-hybridized carbons (Fsp3) is 0.846. The van der Waals surface area contributed by atoms with Crippen LogP contribution in [0.2, 0.25) is 6.04 Å². The van der Waals surface area contributed by atoms with Gasteiger partial charge in [0.05, 0.1) is 17.9 Å². The Morgan fingerprint density at radius 3 is 2.56 bits per heavy atom. The minimum absolute atomic E-state index is 0.0362. The smallest absolute Gasteiger partial charge is 0.317 e. The molecule has 1 heterocycles. The quantitative estimate of drug-likeness (QED) is 0.293. The number of rotatable bonds is 8. The summed E-state index contributed by atoms with van der Waals surface area (Å²) in [5, 5.41) is 0. The largest absolute Gasteiger partial charge is 0.419 e. The molecule has 0 N–H and O–H groups in total. The second-order valence-electron chi connectivity index (χ2n) is 5.20. The SMILES string of the molecule is CCC(C)(CC)O[SiH2]CCCC1CC(=O)OC1=O. The summed E-state index contributed by atoms with van der Waals surface area (Å²) in [6, 6.07) is 1.06. The second kappa shape index (κ2) is 7.04. The molecular weight excluding hydrogens is 248 g/mol. The highest BCUT2D eigenvalue weighted by Gasteiger charge is 2.32. The molecule has 5 heteroatoms. The van der Waals surface area contributed by atoms with Crippen molar-refractivity contribution in [3.63, 3.8) is 0 Å². The molecule has 0 spiro atoms. The van der Waals surface area contributed by atoms with Crippen LogP contribution in [0.5, 0.6) is 0 Å². The van der Waals surface area contributed by atoms with Gasteiger partial charge in [-0.2, -0.15) is 0 Å². The summed E-state index contributed by atoms with van der Waals surface area (Å²) < 4.78 is 10.5. The van der Waals surface area contributed by atoms with Gasteiger partial charge in [-0.05, 0) is 32.2 Å². The molecule has 1 rings (SSSR count). The van der Waals surface area contributed by atoms with E-state index in [4.69, 9.17) is 4.43 Å². The van der Waals surface area contributed by atoms with E-state index in [1.165, 1.54) is 0 Å². The van der Waals surface area contributed by atoms with E-state index in [-0.39, 0.29) is 29.9 Å². The van der Waals surface area contributed by atoms with Crippen LogP contribution in [0, 0.1) is 5.92 Å². The zero-order chi connectivity index (χ0) is 13.6. The lowest BCUT2D eigenvalue weighted by atomic mass is 10.0. The predicted molar refractivity (Wildman–Crippen MR) is 71.9 cm³/mol. The van der Waals surface area contributed by atoms with Crippen molar-refractivity contribution >= 4 is 21.7 Å². The van der Waals surface area contributed by atoms with E-state index in [0.29, 0.717) is 0 Å². The van der Waals surface area contributed by atoms with E-state index in [1.807, 2.05) is 0 Å². The summed E-state index contributed by atoms with van der Waals surface area (Å²) in [6.07, 6.45) is 4.07. The monoisotopic (exact) mass is 272 g/mol. The van der Waals surface area contributed by atoms with E-state index >= 15 is 0 Å². The first-order valence-electron chi connectivity index (χ1n) is 6.89. The summed E-state index contributed by atoms with van der Waals surface area (Å²) in [4.78, 5) is 22.1. The summed E-state index contributed by atoms with van der Waals surface area (Å²) in [6.45, 7) is 6.46. The third-order valence-electron chi connectivity index (χ3n) is 3.85. The van der Waals surface area contributed by atoms with Gasteiger partial charge >= 0.3 is 11.9 Å². The molecule has 0 bridgehead atoms. The van der Waals surface area contributed by atoms with Crippen molar-refractivity contribution in [2.75, 3.05) is 0 Å². The van der Waals surface area contributed by atoms with Gasteiger partial charge in [0.25, 0.3) is 0 Å². The van der Waals surface area contributed by atoms with Crippen molar-refractivity contribution in [2.24, 2.45) is 5.92 Å². The predicted octanol–water partition coefficient (Wildman–Crippen LogP) is 1.95. The summed E-state index contributed by atoms with van der Waals surface area (Å²) in [5.74, 6) is -0.909. The first-order chi connectivity index (χ1) is 8.50. The van der Waals surface area contributed by atoms with Gasteiger partial charge in [0.2, 0.25) is 0 Å². The maximum absolute atomic E-state index is 11.2. The average Bonchev–Trinajstić information content (AvgIpc) is 2.67. The molecule has 1 saturated heterocycles. The maximum Gasteiger partial charge on any atom is 0.317 e. The number of hydrogen-bond acceptors (Lipinski definition) is 4. The van der Waals surface area contributed by atoms with Crippen LogP contribution in [-0.2, 0) is 18.8 Å².